The largest absolute Gasteiger partial charge is 0.401 e. The van der Waals surface area contributed by atoms with E-state index in [0.717, 1.165) is 32.1 Å². The third-order valence-corrected chi connectivity index (χ3v) is 7.86. The summed E-state index contributed by atoms with van der Waals surface area (Å²) in [5.41, 5.74) is 5.85. The van der Waals surface area contributed by atoms with E-state index < -0.39 is 18.8 Å². The molecule has 37 heavy (non-hydrogen) atoms. The predicted octanol–water partition coefficient (Wildman–Crippen LogP) is 3.37. The van der Waals surface area contributed by atoms with Crippen molar-refractivity contribution in [3.05, 3.63) is 33.8 Å². The number of rotatable bonds is 10. The molecule has 1 aromatic carbocycles. The van der Waals surface area contributed by atoms with Crippen molar-refractivity contribution in [2.75, 3.05) is 45.8 Å². The molecule has 0 spiro atoms. The van der Waals surface area contributed by atoms with Gasteiger partial charge in [0.2, 0.25) is 11.8 Å². The second-order valence-electron chi connectivity index (χ2n) is 9.91. The van der Waals surface area contributed by atoms with Crippen molar-refractivity contribution in [2.45, 2.75) is 62.7 Å². The highest BCUT2D eigenvalue weighted by atomic mass is 35.5. The van der Waals surface area contributed by atoms with Crippen LogP contribution in [0.25, 0.3) is 0 Å². The maximum absolute atomic E-state index is 13.5. The summed E-state index contributed by atoms with van der Waals surface area (Å²) in [6.07, 6.45) is 0.745. The summed E-state index contributed by atoms with van der Waals surface area (Å²) in [6.45, 7) is 1.40. The zero-order chi connectivity index (χ0) is 27.1. The molecule has 208 valence electrons. The topological polar surface area (TPSA) is 90.7 Å². The van der Waals surface area contributed by atoms with Gasteiger partial charge in [0, 0.05) is 67.7 Å². The molecule has 1 saturated carbocycles. The molecule has 7 nitrogen and oxygen atoms in total. The SMILES string of the molecule is NCCC(=O)NC(Cc1ccc(Cl)cc1Cl)C(=O)N1CCN(C2(CNCC(F)(F)F)CCCCC2)CC1. The molecule has 1 aromatic rings. The van der Waals surface area contributed by atoms with Crippen molar-refractivity contribution in [1.82, 2.24) is 20.4 Å². The molecular weight excluding hydrogens is 530 g/mol. The van der Waals surface area contributed by atoms with Gasteiger partial charge in [0.25, 0.3) is 0 Å². The second kappa shape index (κ2) is 13.5. The van der Waals surface area contributed by atoms with Gasteiger partial charge in [0.1, 0.15) is 6.04 Å². The molecule has 4 N–H and O–H groups in total. The molecule has 1 heterocycles. The monoisotopic (exact) mass is 565 g/mol. The summed E-state index contributed by atoms with van der Waals surface area (Å²) in [5.74, 6) is -0.537. The molecule has 12 heteroatoms. The van der Waals surface area contributed by atoms with Crippen LogP contribution in [-0.2, 0) is 16.0 Å². The van der Waals surface area contributed by atoms with E-state index in [1.54, 1.807) is 23.1 Å². The van der Waals surface area contributed by atoms with Crippen LogP contribution in [0.1, 0.15) is 44.1 Å². The van der Waals surface area contributed by atoms with E-state index in [2.05, 4.69) is 15.5 Å². The third-order valence-electron chi connectivity index (χ3n) is 7.27. The number of piperazine rings is 1. The zero-order valence-electron chi connectivity index (χ0n) is 20.9. The van der Waals surface area contributed by atoms with E-state index in [9.17, 15) is 22.8 Å². The molecule has 1 unspecified atom stereocenters. The van der Waals surface area contributed by atoms with Crippen LogP contribution in [0.3, 0.4) is 0 Å². The summed E-state index contributed by atoms with van der Waals surface area (Å²) in [7, 11) is 0. The summed E-state index contributed by atoms with van der Waals surface area (Å²) in [4.78, 5) is 29.8. The number of hydrogen-bond acceptors (Lipinski definition) is 5. The Morgan fingerprint density at radius 2 is 1.76 bits per heavy atom. The van der Waals surface area contributed by atoms with Crippen molar-refractivity contribution < 1.29 is 22.8 Å². The Morgan fingerprint density at radius 3 is 2.35 bits per heavy atom. The highest BCUT2D eigenvalue weighted by Gasteiger charge is 2.41. The number of halogens is 5. The zero-order valence-corrected chi connectivity index (χ0v) is 22.4. The second-order valence-corrected chi connectivity index (χ2v) is 10.8. The Morgan fingerprint density at radius 1 is 1.08 bits per heavy atom. The van der Waals surface area contributed by atoms with Crippen LogP contribution in [0.2, 0.25) is 10.0 Å². The molecule has 1 saturated heterocycles. The lowest BCUT2D eigenvalue weighted by Gasteiger charge is -2.50. The highest BCUT2D eigenvalue weighted by molar-refractivity contribution is 6.35. The number of amides is 2. The molecule has 2 aliphatic rings. The normalized spacial score (nSPS) is 19.5. The lowest BCUT2D eigenvalue weighted by atomic mass is 9.79. The van der Waals surface area contributed by atoms with Gasteiger partial charge in [-0.05, 0) is 30.5 Å². The number of alkyl halides is 3. The van der Waals surface area contributed by atoms with E-state index >= 15 is 0 Å². The number of nitrogens with zero attached hydrogens (tertiary/aromatic N) is 2. The van der Waals surface area contributed by atoms with Crippen LogP contribution in [0.15, 0.2) is 18.2 Å². The van der Waals surface area contributed by atoms with Gasteiger partial charge >= 0.3 is 6.18 Å². The van der Waals surface area contributed by atoms with Gasteiger partial charge in [-0.1, -0.05) is 48.5 Å². The first-order chi connectivity index (χ1) is 17.5. The van der Waals surface area contributed by atoms with Crippen LogP contribution < -0.4 is 16.4 Å². The van der Waals surface area contributed by atoms with Gasteiger partial charge in [-0.3, -0.25) is 14.5 Å². The minimum atomic E-state index is -4.25. The van der Waals surface area contributed by atoms with E-state index in [-0.39, 0.29) is 43.3 Å². The smallest absolute Gasteiger partial charge is 0.344 e. The molecule has 2 amide bonds. The fourth-order valence-corrected chi connectivity index (χ4v) is 5.86. The number of carbonyl (C=O) groups excluding carboxylic acids is 2. The van der Waals surface area contributed by atoms with E-state index in [1.165, 1.54) is 0 Å². The van der Waals surface area contributed by atoms with Crippen LogP contribution >= 0.6 is 23.2 Å². The number of carbonyl (C=O) groups is 2. The van der Waals surface area contributed by atoms with E-state index in [4.69, 9.17) is 28.9 Å². The number of benzene rings is 1. The standard InChI is InChI=1S/C25H36Cl2F3N5O2/c26-19-5-4-18(20(27)15-19)14-21(33-22(36)6-9-31)23(37)34-10-12-35(13-11-34)24(7-2-1-3-8-24)16-32-17-25(28,29)30/h4-5,15,21,32H,1-3,6-14,16-17,31H2,(H,33,36). The molecular formula is C25H36Cl2F3N5O2. The first-order valence-corrected chi connectivity index (χ1v) is 13.5. The Kier molecular flexibility index (Phi) is 10.9. The van der Waals surface area contributed by atoms with Crippen LogP contribution in [0.4, 0.5) is 13.2 Å². The van der Waals surface area contributed by atoms with Crippen molar-refractivity contribution in [3.8, 4) is 0 Å². The quantitative estimate of drug-likeness (QED) is 0.404. The van der Waals surface area contributed by atoms with Gasteiger partial charge in [0.15, 0.2) is 0 Å². The van der Waals surface area contributed by atoms with Crippen LogP contribution in [-0.4, -0.2) is 85.2 Å². The maximum Gasteiger partial charge on any atom is 0.401 e. The van der Waals surface area contributed by atoms with E-state index in [1.807, 2.05) is 0 Å². The Labute approximate surface area is 226 Å². The maximum atomic E-state index is 13.5. The molecule has 3 rings (SSSR count). The average Bonchev–Trinajstić information content (AvgIpc) is 2.85. The molecule has 2 fully saturated rings. The molecule has 1 aliphatic heterocycles. The Balaban J connectivity index is 1.67. The van der Waals surface area contributed by atoms with Crippen molar-refractivity contribution in [1.29, 1.82) is 0 Å². The average molecular weight is 566 g/mol. The van der Waals surface area contributed by atoms with Gasteiger partial charge in [-0.25, -0.2) is 0 Å². The van der Waals surface area contributed by atoms with Gasteiger partial charge in [-0.15, -0.1) is 0 Å². The first-order valence-electron chi connectivity index (χ1n) is 12.8. The highest BCUT2D eigenvalue weighted by Crippen LogP contribution is 2.34. The summed E-state index contributed by atoms with van der Waals surface area (Å²) in [6, 6.07) is 4.19. The first kappa shape index (κ1) is 30.0. The van der Waals surface area contributed by atoms with Crippen molar-refractivity contribution in [3.63, 3.8) is 0 Å². The summed E-state index contributed by atoms with van der Waals surface area (Å²) in [5, 5.41) is 6.31. The van der Waals surface area contributed by atoms with Gasteiger partial charge in [-0.2, -0.15) is 13.2 Å². The van der Waals surface area contributed by atoms with Crippen LogP contribution in [0, 0.1) is 0 Å². The Bertz CT molecular complexity index is 920. The summed E-state index contributed by atoms with van der Waals surface area (Å²) < 4.78 is 38.3. The van der Waals surface area contributed by atoms with Crippen molar-refractivity contribution in [2.24, 2.45) is 5.73 Å². The lowest BCUT2D eigenvalue weighted by Crippen LogP contribution is -2.63. The molecule has 0 radical (unpaired) electrons. The minimum Gasteiger partial charge on any atom is -0.344 e. The third kappa shape index (κ3) is 8.71. The fraction of sp³-hybridized carbons (Fsp3) is 0.680. The molecule has 1 aliphatic carbocycles. The molecule has 1 atom stereocenters. The number of hydrogen-bond donors (Lipinski definition) is 3. The minimum absolute atomic E-state index is 0.0966. The Hall–Kier alpha value is -1.59. The number of nitrogens with one attached hydrogen (secondary N) is 2. The lowest BCUT2D eigenvalue weighted by molar-refractivity contribution is -0.139. The molecule has 0 bridgehead atoms. The number of nitrogens with two attached hydrogens (primary N) is 1. The van der Waals surface area contributed by atoms with Gasteiger partial charge < -0.3 is 21.3 Å². The summed E-state index contributed by atoms with van der Waals surface area (Å²) >= 11 is 12.3. The fourth-order valence-electron chi connectivity index (χ4n) is 5.38. The predicted molar refractivity (Wildman–Crippen MR) is 139 cm³/mol. The molecule has 0 aromatic heterocycles. The van der Waals surface area contributed by atoms with Crippen LogP contribution in [0.5, 0.6) is 0 Å². The van der Waals surface area contributed by atoms with Crippen molar-refractivity contribution >= 4 is 35.0 Å². The van der Waals surface area contributed by atoms with E-state index in [0.29, 0.717) is 41.8 Å². The van der Waals surface area contributed by atoms with Gasteiger partial charge in [0.05, 0.1) is 6.54 Å².